The highest BCUT2D eigenvalue weighted by atomic mass is 79.9. The van der Waals surface area contributed by atoms with Gasteiger partial charge in [-0.3, -0.25) is 9.89 Å². The number of rotatable bonds is 5. The zero-order chi connectivity index (χ0) is 20.1. The number of nitrogens with zero attached hydrogens (tertiary/aromatic N) is 2. The molecule has 1 heterocycles. The van der Waals surface area contributed by atoms with Crippen LogP contribution in [-0.4, -0.2) is 28.2 Å². The molecule has 2 aromatic carbocycles. The molecule has 28 heavy (non-hydrogen) atoms. The molecule has 0 bridgehead atoms. The van der Waals surface area contributed by atoms with E-state index in [0.29, 0.717) is 22.7 Å². The van der Waals surface area contributed by atoms with Crippen molar-refractivity contribution < 1.29 is 9.53 Å². The normalized spacial score (nSPS) is 11.3. The number of amides is 1. The number of hydrazone groups is 1. The van der Waals surface area contributed by atoms with E-state index in [4.69, 9.17) is 4.74 Å². The van der Waals surface area contributed by atoms with Gasteiger partial charge in [0.25, 0.3) is 5.56 Å². The number of hydrogen-bond acceptors (Lipinski definition) is 4. The van der Waals surface area contributed by atoms with Gasteiger partial charge in [-0.05, 0) is 38.1 Å². The lowest BCUT2D eigenvalue weighted by Crippen LogP contribution is -2.23. The summed E-state index contributed by atoms with van der Waals surface area (Å²) in [6, 6.07) is 16.8. The molecule has 2 N–H and O–H groups in total. The Kier molecular flexibility index (Phi) is 6.10. The molecule has 0 aliphatic heterocycles. The third-order valence-electron chi connectivity index (χ3n) is 3.99. The van der Waals surface area contributed by atoms with Crippen molar-refractivity contribution in [3.05, 3.63) is 75.0 Å². The second-order valence-corrected chi connectivity index (χ2v) is 6.79. The predicted octanol–water partition coefficient (Wildman–Crippen LogP) is 4.07. The standard InChI is InChI=1S/C20H19BrN4O3/c1-3-28-20(27)23-22-13(2)17-18(14-9-11-15(21)12-10-14)24-25(19(17)26)16-7-5-4-6-8-16/h4-12,24H,3H2,1-2H3,(H,23,27)/b22-13+. The summed E-state index contributed by atoms with van der Waals surface area (Å²) in [5.41, 5.74) is 4.88. The molecule has 0 aliphatic rings. The van der Waals surface area contributed by atoms with Crippen LogP contribution in [-0.2, 0) is 4.74 Å². The van der Waals surface area contributed by atoms with E-state index >= 15 is 0 Å². The molecular formula is C20H19BrN4O3. The minimum absolute atomic E-state index is 0.232. The fourth-order valence-corrected chi connectivity index (χ4v) is 2.97. The molecule has 8 heteroatoms. The van der Waals surface area contributed by atoms with Gasteiger partial charge >= 0.3 is 6.09 Å². The molecule has 0 saturated heterocycles. The van der Waals surface area contributed by atoms with Crippen LogP contribution in [0.4, 0.5) is 4.79 Å². The second kappa shape index (κ2) is 8.71. The molecule has 0 saturated carbocycles. The summed E-state index contributed by atoms with van der Waals surface area (Å²) in [4.78, 5) is 24.7. The quantitative estimate of drug-likeness (QED) is 0.461. The number of nitrogens with one attached hydrogen (secondary N) is 2. The topological polar surface area (TPSA) is 88.5 Å². The van der Waals surface area contributed by atoms with Crippen molar-refractivity contribution in [2.75, 3.05) is 6.61 Å². The largest absolute Gasteiger partial charge is 0.449 e. The van der Waals surface area contributed by atoms with Crippen molar-refractivity contribution in [3.8, 4) is 16.9 Å². The van der Waals surface area contributed by atoms with Crippen LogP contribution in [0.1, 0.15) is 19.4 Å². The van der Waals surface area contributed by atoms with Crippen LogP contribution in [0.3, 0.4) is 0 Å². The van der Waals surface area contributed by atoms with Crippen molar-refractivity contribution >= 4 is 27.7 Å². The molecule has 144 valence electrons. The van der Waals surface area contributed by atoms with E-state index in [1.54, 1.807) is 13.8 Å². The Balaban J connectivity index is 2.12. The summed E-state index contributed by atoms with van der Waals surface area (Å²) in [6.45, 7) is 3.59. The lowest BCUT2D eigenvalue weighted by molar-refractivity contribution is 0.152. The van der Waals surface area contributed by atoms with E-state index in [1.807, 2.05) is 54.6 Å². The minimum atomic E-state index is -0.675. The van der Waals surface area contributed by atoms with Crippen LogP contribution in [0.25, 0.3) is 16.9 Å². The smallest absolute Gasteiger partial charge is 0.427 e. The summed E-state index contributed by atoms with van der Waals surface area (Å²) in [5.74, 6) is 0. The number of aromatic nitrogens is 2. The number of carbonyl (C=O) groups excluding carboxylic acids is 1. The first-order valence-electron chi connectivity index (χ1n) is 8.65. The van der Waals surface area contributed by atoms with E-state index in [0.717, 1.165) is 10.0 Å². The molecule has 0 unspecified atom stereocenters. The first-order chi connectivity index (χ1) is 13.5. The number of H-pyrrole nitrogens is 1. The van der Waals surface area contributed by atoms with Gasteiger partial charge in [0, 0.05) is 10.0 Å². The summed E-state index contributed by atoms with van der Waals surface area (Å²) in [5, 5.41) is 7.19. The van der Waals surface area contributed by atoms with Gasteiger partial charge in [-0.1, -0.05) is 46.3 Å². The first kappa shape index (κ1) is 19.6. The highest BCUT2D eigenvalue weighted by molar-refractivity contribution is 9.10. The fourth-order valence-electron chi connectivity index (χ4n) is 2.71. The number of halogens is 1. The Hall–Kier alpha value is -3.13. The number of para-hydroxylation sites is 1. The van der Waals surface area contributed by atoms with E-state index in [1.165, 1.54) is 4.68 Å². The lowest BCUT2D eigenvalue weighted by atomic mass is 10.1. The molecule has 0 atom stereocenters. The van der Waals surface area contributed by atoms with Gasteiger partial charge in [0.05, 0.1) is 29.3 Å². The Bertz CT molecular complexity index is 1050. The molecule has 3 aromatic rings. The van der Waals surface area contributed by atoms with Crippen molar-refractivity contribution in [2.24, 2.45) is 5.10 Å². The average molecular weight is 443 g/mol. The minimum Gasteiger partial charge on any atom is -0.449 e. The third kappa shape index (κ3) is 4.23. The Morgan fingerprint density at radius 3 is 2.50 bits per heavy atom. The molecule has 0 fully saturated rings. The Morgan fingerprint density at radius 2 is 1.86 bits per heavy atom. The van der Waals surface area contributed by atoms with E-state index in [2.05, 4.69) is 31.6 Å². The maximum atomic E-state index is 13.1. The summed E-state index contributed by atoms with van der Waals surface area (Å²) in [6.07, 6.45) is -0.675. The monoisotopic (exact) mass is 442 g/mol. The zero-order valence-electron chi connectivity index (χ0n) is 15.4. The fraction of sp³-hybridized carbons (Fsp3) is 0.150. The van der Waals surface area contributed by atoms with Crippen LogP contribution in [0.5, 0.6) is 0 Å². The van der Waals surface area contributed by atoms with E-state index < -0.39 is 6.09 Å². The number of carbonyl (C=O) groups is 1. The maximum Gasteiger partial charge on any atom is 0.427 e. The van der Waals surface area contributed by atoms with Crippen molar-refractivity contribution in [2.45, 2.75) is 13.8 Å². The number of ether oxygens (including phenoxy) is 1. The molecule has 0 aliphatic carbocycles. The molecule has 0 radical (unpaired) electrons. The highest BCUT2D eigenvalue weighted by Gasteiger charge is 2.19. The third-order valence-corrected chi connectivity index (χ3v) is 4.52. The molecule has 3 rings (SSSR count). The maximum absolute atomic E-state index is 13.1. The molecule has 1 amide bonds. The first-order valence-corrected chi connectivity index (χ1v) is 9.44. The lowest BCUT2D eigenvalue weighted by Gasteiger charge is -2.04. The van der Waals surface area contributed by atoms with Crippen LogP contribution in [0.2, 0.25) is 0 Å². The van der Waals surface area contributed by atoms with Crippen LogP contribution in [0.15, 0.2) is 69.0 Å². The summed E-state index contributed by atoms with van der Waals surface area (Å²) in [7, 11) is 0. The van der Waals surface area contributed by atoms with Crippen LogP contribution in [0, 0.1) is 0 Å². The SMILES string of the molecule is CCOC(=O)N/N=C(\C)c1c(-c2ccc(Br)cc2)[nH]n(-c2ccccc2)c1=O. The Labute approximate surface area is 170 Å². The predicted molar refractivity (Wildman–Crippen MR) is 112 cm³/mol. The van der Waals surface area contributed by atoms with Gasteiger partial charge in [0.2, 0.25) is 0 Å². The van der Waals surface area contributed by atoms with Gasteiger partial charge in [0.15, 0.2) is 0 Å². The van der Waals surface area contributed by atoms with Gasteiger partial charge in [-0.25, -0.2) is 14.9 Å². The summed E-state index contributed by atoms with van der Waals surface area (Å²) < 4.78 is 7.19. The Morgan fingerprint density at radius 1 is 1.18 bits per heavy atom. The average Bonchev–Trinajstić information content (AvgIpc) is 3.05. The second-order valence-electron chi connectivity index (χ2n) is 5.87. The van der Waals surface area contributed by atoms with Gasteiger partial charge < -0.3 is 4.74 Å². The molecule has 7 nitrogen and oxygen atoms in total. The number of benzene rings is 2. The summed E-state index contributed by atoms with van der Waals surface area (Å²) >= 11 is 3.42. The van der Waals surface area contributed by atoms with E-state index in [-0.39, 0.29) is 12.2 Å². The van der Waals surface area contributed by atoms with E-state index in [9.17, 15) is 9.59 Å². The molecular weight excluding hydrogens is 424 g/mol. The van der Waals surface area contributed by atoms with Crippen molar-refractivity contribution in [3.63, 3.8) is 0 Å². The van der Waals surface area contributed by atoms with Crippen LogP contribution < -0.4 is 11.0 Å². The van der Waals surface area contributed by atoms with Crippen molar-refractivity contribution in [1.82, 2.24) is 15.2 Å². The van der Waals surface area contributed by atoms with Gasteiger partial charge in [-0.15, -0.1) is 0 Å². The van der Waals surface area contributed by atoms with Gasteiger partial charge in [0.1, 0.15) is 0 Å². The number of hydrogen-bond donors (Lipinski definition) is 2. The van der Waals surface area contributed by atoms with Crippen LogP contribution >= 0.6 is 15.9 Å². The van der Waals surface area contributed by atoms with Crippen molar-refractivity contribution in [1.29, 1.82) is 0 Å². The molecule has 1 aromatic heterocycles. The number of aromatic amines is 1. The zero-order valence-corrected chi connectivity index (χ0v) is 17.0. The highest BCUT2D eigenvalue weighted by Crippen LogP contribution is 2.23. The van der Waals surface area contributed by atoms with Gasteiger partial charge in [-0.2, -0.15) is 5.10 Å². The molecule has 0 spiro atoms.